The quantitative estimate of drug-likeness (QED) is 0.689. The van der Waals surface area contributed by atoms with Gasteiger partial charge in [0.25, 0.3) is 0 Å². The Kier molecular flexibility index (Phi) is 32.9. The third-order valence-corrected chi connectivity index (χ3v) is 1.33. The van der Waals surface area contributed by atoms with Crippen LogP contribution in [0.5, 0.6) is 0 Å². The lowest BCUT2D eigenvalue weighted by atomic mass is 10.4. The van der Waals surface area contributed by atoms with Crippen LogP contribution in [0.1, 0.15) is 0 Å². The summed E-state index contributed by atoms with van der Waals surface area (Å²) in [5.41, 5.74) is 0. The van der Waals surface area contributed by atoms with Crippen LogP contribution in [-0.2, 0) is 0 Å². The highest BCUT2D eigenvalue weighted by Gasteiger charge is 1.59. The summed E-state index contributed by atoms with van der Waals surface area (Å²) in [5.74, 6) is 0. The summed E-state index contributed by atoms with van der Waals surface area (Å²) < 4.78 is 0. The van der Waals surface area contributed by atoms with Gasteiger partial charge in [-0.05, 0) is 42.3 Å². The van der Waals surface area contributed by atoms with Gasteiger partial charge in [0, 0.05) is 0 Å². The monoisotopic (exact) mass is 346 g/mol. The molecule has 0 atom stereocenters. The van der Waals surface area contributed by atoms with Gasteiger partial charge in [0.15, 0.2) is 0 Å². The first-order valence-corrected chi connectivity index (χ1v) is 6.68. The molecule has 0 aliphatic heterocycles. The molecule has 2 nitrogen and oxygen atoms in total. The van der Waals surface area contributed by atoms with Gasteiger partial charge in [-0.3, -0.25) is 0 Å². The number of rotatable bonds is 0. The molecule has 2 aromatic rings. The normalized spacial score (nSPS) is 7.64. The molecule has 0 amide bonds. The van der Waals surface area contributed by atoms with Gasteiger partial charge in [-0.1, -0.05) is 72.8 Å². The fourth-order valence-electron chi connectivity index (χ4n) is 0.770. The Morgan fingerprint density at radius 1 is 0.318 bits per heavy atom. The Hall–Kier alpha value is -1.06. The lowest BCUT2D eigenvalue weighted by Crippen LogP contribution is -1.99. The van der Waals surface area contributed by atoms with Crippen molar-refractivity contribution in [3.8, 4) is 0 Å². The molecule has 4 heteroatoms. The Morgan fingerprint density at radius 3 is 0.409 bits per heavy atom. The standard InChI is InChI=1S/2C6H6.2C3H9N.2ClH/c2*1-2-4-6-5-3-1;2*1-4(2)3;;/h2*1-6H;2*1-3H3;2*1H. The highest BCUT2D eigenvalue weighted by Crippen LogP contribution is 1.80. The molecule has 0 saturated carbocycles. The second kappa shape index (κ2) is 24.9. The number of benzene rings is 2. The largest absolute Gasteiger partial charge is 0.312 e. The average molecular weight is 347 g/mol. The van der Waals surface area contributed by atoms with E-state index >= 15 is 0 Å². The van der Waals surface area contributed by atoms with Crippen LogP contribution in [0.25, 0.3) is 0 Å². The molecule has 0 unspecified atom stereocenters. The Morgan fingerprint density at radius 2 is 0.364 bits per heavy atom. The minimum absolute atomic E-state index is 0. The highest BCUT2D eigenvalue weighted by atomic mass is 35.5. The lowest BCUT2D eigenvalue weighted by Gasteiger charge is -1.90. The summed E-state index contributed by atoms with van der Waals surface area (Å²) in [5, 5.41) is 0. The molecule has 128 valence electrons. The number of hydrogen-bond donors (Lipinski definition) is 0. The maximum Gasteiger partial charge on any atom is -0.0140 e. The highest BCUT2D eigenvalue weighted by molar-refractivity contribution is 5.85. The van der Waals surface area contributed by atoms with E-state index in [1.807, 2.05) is 125 Å². The first-order valence-electron chi connectivity index (χ1n) is 6.68. The van der Waals surface area contributed by atoms with E-state index in [0.717, 1.165) is 0 Å². The van der Waals surface area contributed by atoms with Gasteiger partial charge in [-0.25, -0.2) is 0 Å². The van der Waals surface area contributed by atoms with E-state index in [0.29, 0.717) is 0 Å². The van der Waals surface area contributed by atoms with Crippen molar-refractivity contribution in [3.63, 3.8) is 0 Å². The average Bonchev–Trinajstić information content (AvgIpc) is 2.42. The molecule has 0 fully saturated rings. The fourth-order valence-corrected chi connectivity index (χ4v) is 0.770. The minimum Gasteiger partial charge on any atom is -0.312 e. The molecule has 0 aliphatic carbocycles. The lowest BCUT2D eigenvalue weighted by molar-refractivity contribution is 0.505. The molecule has 0 bridgehead atoms. The van der Waals surface area contributed by atoms with Gasteiger partial charge in [0.05, 0.1) is 0 Å². The third kappa shape index (κ3) is 50.9. The Labute approximate surface area is 150 Å². The van der Waals surface area contributed by atoms with Gasteiger partial charge in [0.2, 0.25) is 0 Å². The summed E-state index contributed by atoms with van der Waals surface area (Å²) in [4.78, 5) is 4.00. The second-order valence-electron chi connectivity index (χ2n) is 4.99. The first-order chi connectivity index (χ1) is 9.46. The van der Waals surface area contributed by atoms with E-state index in [2.05, 4.69) is 0 Å². The third-order valence-electron chi connectivity index (χ3n) is 1.33. The zero-order valence-electron chi connectivity index (χ0n) is 14.6. The van der Waals surface area contributed by atoms with Crippen molar-refractivity contribution in [2.24, 2.45) is 0 Å². The predicted octanol–water partition coefficient (Wildman–Crippen LogP) is 4.57. The van der Waals surface area contributed by atoms with E-state index < -0.39 is 0 Å². The molecule has 2 aromatic carbocycles. The number of nitrogens with zero attached hydrogens (tertiary/aromatic N) is 2. The van der Waals surface area contributed by atoms with Crippen LogP contribution in [0.2, 0.25) is 0 Å². The minimum atomic E-state index is 0. The molecule has 0 radical (unpaired) electrons. The van der Waals surface area contributed by atoms with Crippen molar-refractivity contribution in [2.45, 2.75) is 0 Å². The maximum atomic E-state index is 2.00. The van der Waals surface area contributed by atoms with Gasteiger partial charge in [-0.2, -0.15) is 0 Å². The Bertz CT molecular complexity index is 258. The molecule has 0 saturated heterocycles. The second-order valence-corrected chi connectivity index (χ2v) is 4.99. The molecule has 0 spiro atoms. The van der Waals surface area contributed by atoms with Crippen molar-refractivity contribution < 1.29 is 0 Å². The van der Waals surface area contributed by atoms with E-state index in [4.69, 9.17) is 0 Å². The summed E-state index contributed by atoms with van der Waals surface area (Å²) in [6, 6.07) is 24.0. The SMILES string of the molecule is CN(C)C.CN(C)C.Cl.Cl.c1ccccc1.c1ccccc1. The van der Waals surface area contributed by atoms with Crippen LogP contribution in [0.3, 0.4) is 0 Å². The maximum absolute atomic E-state index is 2.00. The smallest absolute Gasteiger partial charge is 0.0140 e. The molecular formula is C18H32Cl2N2. The van der Waals surface area contributed by atoms with E-state index in [-0.39, 0.29) is 24.8 Å². The van der Waals surface area contributed by atoms with E-state index in [9.17, 15) is 0 Å². The zero-order valence-corrected chi connectivity index (χ0v) is 16.3. The van der Waals surface area contributed by atoms with Crippen molar-refractivity contribution in [2.75, 3.05) is 42.3 Å². The van der Waals surface area contributed by atoms with Crippen molar-refractivity contribution in [1.82, 2.24) is 9.80 Å². The fraction of sp³-hybridized carbons (Fsp3) is 0.333. The van der Waals surface area contributed by atoms with Crippen LogP contribution >= 0.6 is 24.8 Å². The molecule has 0 aliphatic rings. The summed E-state index contributed by atoms with van der Waals surface area (Å²) >= 11 is 0. The van der Waals surface area contributed by atoms with Crippen molar-refractivity contribution in [3.05, 3.63) is 72.8 Å². The Balaban J connectivity index is -0.0000000975. The molecule has 0 heterocycles. The van der Waals surface area contributed by atoms with Gasteiger partial charge in [-0.15, -0.1) is 24.8 Å². The zero-order chi connectivity index (χ0) is 15.6. The van der Waals surface area contributed by atoms with E-state index in [1.54, 1.807) is 0 Å². The molecule has 0 aromatic heterocycles. The summed E-state index contributed by atoms with van der Waals surface area (Å²) in [7, 11) is 12.0. The van der Waals surface area contributed by atoms with Crippen LogP contribution in [0.15, 0.2) is 72.8 Å². The molecule has 2 rings (SSSR count). The van der Waals surface area contributed by atoms with Crippen LogP contribution in [0.4, 0.5) is 0 Å². The van der Waals surface area contributed by atoms with Crippen LogP contribution in [-0.4, -0.2) is 52.1 Å². The van der Waals surface area contributed by atoms with Gasteiger partial charge < -0.3 is 9.80 Å². The predicted molar refractivity (Wildman–Crippen MR) is 107 cm³/mol. The molecule has 22 heavy (non-hydrogen) atoms. The van der Waals surface area contributed by atoms with Gasteiger partial charge >= 0.3 is 0 Å². The topological polar surface area (TPSA) is 6.48 Å². The number of halogens is 2. The van der Waals surface area contributed by atoms with Crippen molar-refractivity contribution >= 4 is 24.8 Å². The molecule has 0 N–H and O–H groups in total. The first kappa shape index (κ1) is 29.0. The summed E-state index contributed by atoms with van der Waals surface area (Å²) in [6.45, 7) is 0. The van der Waals surface area contributed by atoms with Crippen LogP contribution in [0, 0.1) is 0 Å². The van der Waals surface area contributed by atoms with Crippen molar-refractivity contribution in [1.29, 1.82) is 0 Å². The van der Waals surface area contributed by atoms with E-state index in [1.165, 1.54) is 0 Å². The summed E-state index contributed by atoms with van der Waals surface area (Å²) in [6.07, 6.45) is 0. The number of hydrogen-bond acceptors (Lipinski definition) is 2. The van der Waals surface area contributed by atoms with Crippen LogP contribution < -0.4 is 0 Å². The van der Waals surface area contributed by atoms with Gasteiger partial charge in [0.1, 0.15) is 0 Å². The molecular weight excluding hydrogens is 315 g/mol.